The van der Waals surface area contributed by atoms with Gasteiger partial charge in [-0.1, -0.05) is 30.3 Å². The summed E-state index contributed by atoms with van der Waals surface area (Å²) in [6.45, 7) is 3.13. The lowest BCUT2D eigenvalue weighted by atomic mass is 10.1. The van der Waals surface area contributed by atoms with Crippen LogP contribution in [0.25, 0.3) is 22.7 Å². The Morgan fingerprint density at radius 1 is 1.11 bits per heavy atom. The molecule has 1 aliphatic rings. The summed E-state index contributed by atoms with van der Waals surface area (Å²) in [7, 11) is 0. The normalized spacial score (nSPS) is 16.7. The third kappa shape index (κ3) is 3.12. The molecule has 1 unspecified atom stereocenters. The highest BCUT2D eigenvalue weighted by Gasteiger charge is 2.23. The summed E-state index contributed by atoms with van der Waals surface area (Å²) in [5, 5.41) is 8.03. The molecule has 0 saturated carbocycles. The Morgan fingerprint density at radius 2 is 2.00 bits per heavy atom. The minimum Gasteiger partial charge on any atom is -0.458 e. The van der Waals surface area contributed by atoms with Gasteiger partial charge in [-0.15, -0.1) is 10.2 Å². The van der Waals surface area contributed by atoms with Crippen molar-refractivity contribution in [3.05, 3.63) is 66.3 Å². The van der Waals surface area contributed by atoms with Gasteiger partial charge in [0, 0.05) is 19.0 Å². The van der Waals surface area contributed by atoms with E-state index in [1.165, 1.54) is 0 Å². The second kappa shape index (κ2) is 7.06. The lowest BCUT2D eigenvalue weighted by molar-refractivity contribution is 0.436. The number of hydrogen-bond donors (Lipinski definition) is 2. The Labute approximate surface area is 161 Å². The average Bonchev–Trinajstić information content (AvgIpc) is 3.50. The van der Waals surface area contributed by atoms with Gasteiger partial charge >= 0.3 is 0 Å². The third-order valence-corrected chi connectivity index (χ3v) is 4.80. The molecule has 1 aliphatic heterocycles. The molecule has 1 aromatic carbocycles. The molecule has 1 fully saturated rings. The fourth-order valence-corrected chi connectivity index (χ4v) is 3.48. The fraction of sp³-hybridized carbons (Fsp3) is 0.250. The number of furan rings is 1. The van der Waals surface area contributed by atoms with Gasteiger partial charge in [-0.3, -0.25) is 5.43 Å². The highest BCUT2D eigenvalue weighted by molar-refractivity contribution is 5.76. The highest BCUT2D eigenvalue weighted by Crippen LogP contribution is 2.34. The first kappa shape index (κ1) is 16.9. The summed E-state index contributed by atoms with van der Waals surface area (Å²) in [5.41, 5.74) is 9.15. The summed E-state index contributed by atoms with van der Waals surface area (Å²) in [6.07, 6.45) is 2.77. The van der Waals surface area contributed by atoms with Crippen LogP contribution in [0.3, 0.4) is 0 Å². The summed E-state index contributed by atoms with van der Waals surface area (Å²) >= 11 is 0. The zero-order valence-electron chi connectivity index (χ0n) is 15.4. The molecule has 2 N–H and O–H groups in total. The first-order valence-corrected chi connectivity index (χ1v) is 9.26. The van der Waals surface area contributed by atoms with Crippen LogP contribution in [0.2, 0.25) is 0 Å². The average molecular weight is 376 g/mol. The van der Waals surface area contributed by atoms with Crippen molar-refractivity contribution in [3.63, 3.8) is 0 Å². The van der Waals surface area contributed by atoms with Crippen molar-refractivity contribution in [1.29, 1.82) is 0 Å². The second-order valence-corrected chi connectivity index (χ2v) is 6.76. The molecule has 8 nitrogen and oxygen atoms in total. The summed E-state index contributed by atoms with van der Waals surface area (Å²) in [5.74, 6) is 2.74. The third-order valence-electron chi connectivity index (χ3n) is 4.80. The first-order chi connectivity index (χ1) is 13.8. The Kier molecular flexibility index (Phi) is 4.27. The molecule has 28 heavy (non-hydrogen) atoms. The van der Waals surface area contributed by atoms with E-state index in [4.69, 9.17) is 8.83 Å². The molecule has 0 bridgehead atoms. The number of nitrogens with one attached hydrogen (secondary N) is 2. The maximum atomic E-state index is 6.23. The number of imidazole rings is 1. The number of rotatable bonds is 5. The first-order valence-electron chi connectivity index (χ1n) is 9.26. The monoisotopic (exact) mass is 376 g/mol. The van der Waals surface area contributed by atoms with Crippen molar-refractivity contribution in [1.82, 2.24) is 30.6 Å². The molecular formula is C20H20N6O2. The standard InChI is InChI=1S/C20H20N6O2/c1-13-23-25-18(27-13)11-26-12-21-19(14-5-3-2-4-6-14)20(26)17-8-7-16(28-17)15-9-10-22-24-15/h2-8,12,15,22,24H,9-11H2,1H3. The summed E-state index contributed by atoms with van der Waals surface area (Å²) in [4.78, 5) is 4.66. The topological polar surface area (TPSA) is 93.9 Å². The zero-order chi connectivity index (χ0) is 18.9. The van der Waals surface area contributed by atoms with Crippen LogP contribution in [0, 0.1) is 6.92 Å². The number of aryl methyl sites for hydroxylation is 1. The van der Waals surface area contributed by atoms with Gasteiger partial charge in [0.1, 0.15) is 18.0 Å². The van der Waals surface area contributed by atoms with Gasteiger partial charge < -0.3 is 13.4 Å². The Morgan fingerprint density at radius 3 is 2.75 bits per heavy atom. The molecule has 142 valence electrons. The molecule has 0 amide bonds. The van der Waals surface area contributed by atoms with Gasteiger partial charge in [0.25, 0.3) is 0 Å². The predicted molar refractivity (Wildman–Crippen MR) is 102 cm³/mol. The number of nitrogens with zero attached hydrogens (tertiary/aromatic N) is 4. The van der Waals surface area contributed by atoms with E-state index in [0.717, 1.165) is 41.4 Å². The minimum absolute atomic E-state index is 0.170. The van der Waals surface area contributed by atoms with E-state index in [9.17, 15) is 0 Å². The molecule has 4 aromatic rings. The van der Waals surface area contributed by atoms with Crippen LogP contribution in [0.1, 0.15) is 30.0 Å². The van der Waals surface area contributed by atoms with Crippen LogP contribution in [0.15, 0.2) is 57.6 Å². The number of hydrazine groups is 1. The van der Waals surface area contributed by atoms with E-state index in [1.807, 2.05) is 47.0 Å². The molecule has 1 saturated heterocycles. The van der Waals surface area contributed by atoms with Gasteiger partial charge in [0.2, 0.25) is 11.8 Å². The van der Waals surface area contributed by atoms with E-state index in [-0.39, 0.29) is 6.04 Å². The summed E-state index contributed by atoms with van der Waals surface area (Å²) < 4.78 is 13.8. The SMILES string of the molecule is Cc1nnc(Cn2cnc(-c3ccccc3)c2-c2ccc(C3CCNN3)o2)o1. The quantitative estimate of drug-likeness (QED) is 0.553. The molecule has 0 radical (unpaired) electrons. The maximum absolute atomic E-state index is 6.23. The van der Waals surface area contributed by atoms with Crippen LogP contribution < -0.4 is 10.9 Å². The number of hydrogen-bond acceptors (Lipinski definition) is 7. The molecular weight excluding hydrogens is 356 g/mol. The zero-order valence-corrected chi connectivity index (χ0v) is 15.4. The molecule has 4 heterocycles. The van der Waals surface area contributed by atoms with Crippen molar-refractivity contribution in [2.24, 2.45) is 0 Å². The van der Waals surface area contributed by atoms with E-state index in [1.54, 1.807) is 13.3 Å². The Bertz CT molecular complexity index is 1080. The molecule has 1 atom stereocenters. The Hall–Kier alpha value is -3.23. The van der Waals surface area contributed by atoms with Gasteiger partial charge in [-0.25, -0.2) is 10.4 Å². The fourth-order valence-electron chi connectivity index (χ4n) is 3.48. The predicted octanol–water partition coefficient (Wildman–Crippen LogP) is 3.09. The Balaban J connectivity index is 1.58. The molecule has 0 aliphatic carbocycles. The largest absolute Gasteiger partial charge is 0.458 e. The van der Waals surface area contributed by atoms with Crippen molar-refractivity contribution in [2.45, 2.75) is 25.9 Å². The molecule has 8 heteroatoms. The smallest absolute Gasteiger partial charge is 0.236 e. The lowest BCUT2D eigenvalue weighted by Gasteiger charge is -2.08. The highest BCUT2D eigenvalue weighted by atomic mass is 16.4. The van der Waals surface area contributed by atoms with Crippen molar-refractivity contribution < 1.29 is 8.83 Å². The lowest BCUT2D eigenvalue weighted by Crippen LogP contribution is -2.24. The van der Waals surface area contributed by atoms with Gasteiger partial charge in [0.15, 0.2) is 5.76 Å². The van der Waals surface area contributed by atoms with Crippen LogP contribution in [-0.4, -0.2) is 26.3 Å². The van der Waals surface area contributed by atoms with Gasteiger partial charge in [0.05, 0.1) is 18.1 Å². The summed E-state index contributed by atoms with van der Waals surface area (Å²) in [6, 6.07) is 14.3. The number of benzene rings is 1. The molecule has 0 spiro atoms. The van der Waals surface area contributed by atoms with Gasteiger partial charge in [-0.05, 0) is 18.6 Å². The van der Waals surface area contributed by atoms with E-state index >= 15 is 0 Å². The van der Waals surface area contributed by atoms with Gasteiger partial charge in [-0.2, -0.15) is 0 Å². The minimum atomic E-state index is 0.170. The van der Waals surface area contributed by atoms with Crippen LogP contribution in [0.5, 0.6) is 0 Å². The number of aromatic nitrogens is 4. The molecule has 5 rings (SSSR count). The van der Waals surface area contributed by atoms with Crippen LogP contribution >= 0.6 is 0 Å². The molecule has 3 aromatic heterocycles. The van der Waals surface area contributed by atoms with E-state index in [2.05, 4.69) is 26.0 Å². The van der Waals surface area contributed by atoms with E-state index < -0.39 is 0 Å². The second-order valence-electron chi connectivity index (χ2n) is 6.76. The maximum Gasteiger partial charge on any atom is 0.236 e. The van der Waals surface area contributed by atoms with E-state index in [0.29, 0.717) is 18.3 Å². The van der Waals surface area contributed by atoms with Crippen LogP contribution in [-0.2, 0) is 6.54 Å². The van der Waals surface area contributed by atoms with Crippen molar-refractivity contribution in [2.75, 3.05) is 6.54 Å². The van der Waals surface area contributed by atoms with Crippen LogP contribution in [0.4, 0.5) is 0 Å². The van der Waals surface area contributed by atoms with Crippen molar-refractivity contribution in [3.8, 4) is 22.7 Å². The van der Waals surface area contributed by atoms with Crippen molar-refractivity contribution >= 4 is 0 Å².